The van der Waals surface area contributed by atoms with E-state index in [1.54, 1.807) is 24.1 Å². The third kappa shape index (κ3) is 2.61. The molecular weight excluding hydrogens is 278 g/mol. The van der Waals surface area contributed by atoms with E-state index in [1.807, 2.05) is 54.6 Å². The summed E-state index contributed by atoms with van der Waals surface area (Å²) in [6.45, 7) is 0. The molecule has 1 heterocycles. The number of aliphatic hydroxyl groups excluding tert-OH is 1. The molecule has 0 bridgehead atoms. The molecule has 1 aliphatic heterocycles. The van der Waals surface area contributed by atoms with Crippen LogP contribution in [-0.4, -0.2) is 30.3 Å². The number of aliphatic hydroxyl groups is 1. The highest BCUT2D eigenvalue weighted by Crippen LogP contribution is 2.30. The summed E-state index contributed by atoms with van der Waals surface area (Å²) >= 11 is 0. The minimum atomic E-state index is -0.984. The molecule has 1 aliphatic rings. The predicted octanol–water partition coefficient (Wildman–Crippen LogP) is 2.48. The summed E-state index contributed by atoms with van der Waals surface area (Å²) in [4.78, 5) is 13.5. The zero-order valence-electron chi connectivity index (χ0n) is 12.2. The first-order valence-corrected chi connectivity index (χ1v) is 7.09. The number of benzene rings is 2. The third-order valence-corrected chi connectivity index (χ3v) is 3.75. The van der Waals surface area contributed by atoms with Crippen molar-refractivity contribution in [2.24, 2.45) is 0 Å². The van der Waals surface area contributed by atoms with Gasteiger partial charge in [0, 0.05) is 5.69 Å². The summed E-state index contributed by atoms with van der Waals surface area (Å²) in [5, 5.41) is 9.92. The van der Waals surface area contributed by atoms with Crippen molar-refractivity contribution in [3.05, 3.63) is 66.2 Å². The molecule has 22 heavy (non-hydrogen) atoms. The Balaban J connectivity index is 1.80. The number of carbonyl (C=O) groups excluding carboxylic acids is 1. The Labute approximate surface area is 129 Å². The van der Waals surface area contributed by atoms with Crippen LogP contribution >= 0.6 is 0 Å². The zero-order valence-corrected chi connectivity index (χ0v) is 12.2. The van der Waals surface area contributed by atoms with Crippen LogP contribution in [0.1, 0.15) is 5.56 Å². The van der Waals surface area contributed by atoms with E-state index in [4.69, 9.17) is 4.74 Å². The number of ether oxygens (including phenoxy) is 1. The van der Waals surface area contributed by atoms with Crippen molar-refractivity contribution in [2.45, 2.75) is 12.1 Å². The Hall–Kier alpha value is -2.59. The third-order valence-electron chi connectivity index (χ3n) is 3.75. The largest absolute Gasteiger partial charge is 0.497 e. The number of β-lactam (4-membered cyclic amide) rings is 1. The van der Waals surface area contributed by atoms with Crippen molar-refractivity contribution in [1.82, 2.24) is 0 Å². The smallest absolute Gasteiger partial charge is 0.258 e. The first kappa shape index (κ1) is 14.4. The van der Waals surface area contributed by atoms with Gasteiger partial charge in [0.25, 0.3) is 5.91 Å². The first-order chi connectivity index (χ1) is 10.7. The molecule has 112 valence electrons. The molecule has 2 aromatic carbocycles. The van der Waals surface area contributed by atoms with Crippen LogP contribution in [0.25, 0.3) is 6.08 Å². The van der Waals surface area contributed by atoms with Crippen LogP contribution in [0.2, 0.25) is 0 Å². The van der Waals surface area contributed by atoms with Crippen LogP contribution in [0.4, 0.5) is 5.69 Å². The molecular formula is C18H17NO3. The van der Waals surface area contributed by atoms with Gasteiger partial charge >= 0.3 is 0 Å². The molecule has 0 spiro atoms. The van der Waals surface area contributed by atoms with Gasteiger partial charge in [-0.2, -0.15) is 0 Å². The Morgan fingerprint density at radius 2 is 1.77 bits per heavy atom. The van der Waals surface area contributed by atoms with Gasteiger partial charge in [-0.25, -0.2) is 0 Å². The van der Waals surface area contributed by atoms with E-state index >= 15 is 0 Å². The van der Waals surface area contributed by atoms with E-state index in [1.165, 1.54) is 0 Å². The fourth-order valence-electron chi connectivity index (χ4n) is 2.50. The number of rotatable bonds is 4. The van der Waals surface area contributed by atoms with Crippen molar-refractivity contribution >= 4 is 17.7 Å². The molecule has 1 N–H and O–H groups in total. The Kier molecular flexibility index (Phi) is 3.94. The second-order valence-corrected chi connectivity index (χ2v) is 5.11. The Morgan fingerprint density at radius 1 is 1.09 bits per heavy atom. The number of nitrogens with zero attached hydrogens (tertiary/aromatic N) is 1. The predicted molar refractivity (Wildman–Crippen MR) is 85.8 cm³/mol. The number of hydrogen-bond acceptors (Lipinski definition) is 3. The normalized spacial score (nSPS) is 21.0. The highest BCUT2D eigenvalue weighted by molar-refractivity contribution is 6.05. The maximum absolute atomic E-state index is 11.9. The summed E-state index contributed by atoms with van der Waals surface area (Å²) < 4.78 is 5.11. The highest BCUT2D eigenvalue weighted by Gasteiger charge is 2.45. The molecule has 0 aliphatic carbocycles. The molecule has 1 saturated heterocycles. The van der Waals surface area contributed by atoms with Crippen LogP contribution in [0.15, 0.2) is 60.7 Å². The standard InChI is InChI=1S/C18H17NO3/c1-22-15-10-8-14(9-11-15)19-16(17(20)18(19)21)12-7-13-5-3-2-4-6-13/h2-12,16-17,20H,1H3/b12-7+/t16-,17+/m1/s1. The number of anilines is 1. The van der Waals surface area contributed by atoms with Gasteiger partial charge in [-0.1, -0.05) is 42.5 Å². The van der Waals surface area contributed by atoms with Gasteiger partial charge < -0.3 is 14.7 Å². The second-order valence-electron chi connectivity index (χ2n) is 5.11. The van der Waals surface area contributed by atoms with Gasteiger partial charge in [0.05, 0.1) is 13.2 Å². The molecule has 2 atom stereocenters. The van der Waals surface area contributed by atoms with Crippen LogP contribution < -0.4 is 9.64 Å². The molecule has 0 aromatic heterocycles. The second kappa shape index (κ2) is 6.03. The van der Waals surface area contributed by atoms with Gasteiger partial charge in [-0.05, 0) is 29.8 Å². The summed E-state index contributed by atoms with van der Waals surface area (Å²) in [5.41, 5.74) is 1.78. The van der Waals surface area contributed by atoms with Gasteiger partial charge in [0.15, 0.2) is 6.10 Å². The molecule has 0 radical (unpaired) electrons. The van der Waals surface area contributed by atoms with E-state index in [-0.39, 0.29) is 11.9 Å². The number of methoxy groups -OCH3 is 1. The quantitative estimate of drug-likeness (QED) is 0.882. The first-order valence-electron chi connectivity index (χ1n) is 7.09. The van der Waals surface area contributed by atoms with Crippen LogP contribution in [0.3, 0.4) is 0 Å². The minimum Gasteiger partial charge on any atom is -0.497 e. The van der Waals surface area contributed by atoms with Crippen LogP contribution in [0.5, 0.6) is 5.75 Å². The summed E-state index contributed by atoms with van der Waals surface area (Å²) in [7, 11) is 1.60. The van der Waals surface area contributed by atoms with Crippen molar-refractivity contribution in [3.8, 4) is 5.75 Å². The Morgan fingerprint density at radius 3 is 2.41 bits per heavy atom. The SMILES string of the molecule is COc1ccc(N2C(=O)[C@@H](O)[C@H]2/C=C/c2ccccc2)cc1. The number of amides is 1. The maximum Gasteiger partial charge on any atom is 0.258 e. The minimum absolute atomic E-state index is 0.284. The highest BCUT2D eigenvalue weighted by atomic mass is 16.5. The number of hydrogen-bond donors (Lipinski definition) is 1. The topological polar surface area (TPSA) is 49.8 Å². The molecule has 2 aromatic rings. The van der Waals surface area contributed by atoms with Crippen molar-refractivity contribution in [1.29, 1.82) is 0 Å². The van der Waals surface area contributed by atoms with E-state index in [2.05, 4.69) is 0 Å². The van der Waals surface area contributed by atoms with Gasteiger partial charge in [-0.15, -0.1) is 0 Å². The fourth-order valence-corrected chi connectivity index (χ4v) is 2.50. The molecule has 3 rings (SSSR count). The molecule has 0 saturated carbocycles. The van der Waals surface area contributed by atoms with E-state index in [0.29, 0.717) is 0 Å². The van der Waals surface area contributed by atoms with Crippen LogP contribution in [0, 0.1) is 0 Å². The van der Waals surface area contributed by atoms with E-state index in [0.717, 1.165) is 17.0 Å². The summed E-state index contributed by atoms with van der Waals surface area (Å²) in [6.07, 6.45) is 2.78. The lowest BCUT2D eigenvalue weighted by Crippen LogP contribution is -2.64. The summed E-state index contributed by atoms with van der Waals surface area (Å²) in [5.74, 6) is 0.446. The zero-order chi connectivity index (χ0) is 15.5. The molecule has 0 unspecified atom stereocenters. The molecule has 4 nitrogen and oxygen atoms in total. The monoisotopic (exact) mass is 295 g/mol. The van der Waals surface area contributed by atoms with Gasteiger partial charge in [0.2, 0.25) is 0 Å². The van der Waals surface area contributed by atoms with Crippen molar-refractivity contribution in [2.75, 3.05) is 12.0 Å². The van der Waals surface area contributed by atoms with Crippen LogP contribution in [-0.2, 0) is 4.79 Å². The molecule has 1 amide bonds. The van der Waals surface area contributed by atoms with Gasteiger partial charge in [-0.3, -0.25) is 4.79 Å². The average molecular weight is 295 g/mol. The molecule has 1 fully saturated rings. The lowest BCUT2D eigenvalue weighted by molar-refractivity contribution is -0.135. The van der Waals surface area contributed by atoms with Crippen molar-refractivity contribution in [3.63, 3.8) is 0 Å². The number of carbonyl (C=O) groups is 1. The van der Waals surface area contributed by atoms with Crippen molar-refractivity contribution < 1.29 is 14.6 Å². The summed E-state index contributed by atoms with van der Waals surface area (Å²) in [6, 6.07) is 16.7. The van der Waals surface area contributed by atoms with E-state index in [9.17, 15) is 9.90 Å². The fraction of sp³-hybridized carbons (Fsp3) is 0.167. The Bertz CT molecular complexity index is 679. The lowest BCUT2D eigenvalue weighted by atomic mass is 9.95. The average Bonchev–Trinajstić information content (AvgIpc) is 2.59. The maximum atomic E-state index is 11.9. The van der Waals surface area contributed by atoms with E-state index < -0.39 is 6.10 Å². The molecule has 4 heteroatoms. The van der Waals surface area contributed by atoms with Gasteiger partial charge in [0.1, 0.15) is 5.75 Å². The lowest BCUT2D eigenvalue weighted by Gasteiger charge is -2.43.